The molecule has 1 saturated heterocycles. The second-order valence-corrected chi connectivity index (χ2v) is 6.63. The SMILES string of the molecule is CN1CCN(c2ncccc2CNC(=O)CNCC2CC2)CC1.Cl.Cl.Cl. The first kappa shape index (κ1) is 25.2. The number of carbonyl (C=O) groups excluding carboxylic acids is 1. The zero-order chi connectivity index (χ0) is 16.1. The van der Waals surface area contributed by atoms with Crippen LogP contribution < -0.4 is 15.5 Å². The van der Waals surface area contributed by atoms with Gasteiger partial charge in [-0.05, 0) is 38.4 Å². The Morgan fingerprint density at radius 1 is 1.19 bits per heavy atom. The van der Waals surface area contributed by atoms with E-state index in [9.17, 15) is 4.79 Å². The Morgan fingerprint density at radius 2 is 1.88 bits per heavy atom. The van der Waals surface area contributed by atoms with E-state index in [0.717, 1.165) is 50.0 Å². The maximum absolute atomic E-state index is 11.9. The summed E-state index contributed by atoms with van der Waals surface area (Å²) in [6.07, 6.45) is 4.44. The van der Waals surface area contributed by atoms with E-state index in [1.165, 1.54) is 12.8 Å². The smallest absolute Gasteiger partial charge is 0.234 e. The fourth-order valence-electron chi connectivity index (χ4n) is 2.84. The third-order valence-electron chi connectivity index (χ3n) is 4.56. The lowest BCUT2D eigenvalue weighted by atomic mass is 10.2. The van der Waals surface area contributed by atoms with Gasteiger partial charge in [0.2, 0.25) is 5.91 Å². The number of rotatable bonds is 7. The van der Waals surface area contributed by atoms with Crippen LogP contribution in [0.3, 0.4) is 0 Å². The van der Waals surface area contributed by atoms with Crippen LogP contribution in [0.25, 0.3) is 0 Å². The lowest BCUT2D eigenvalue weighted by molar-refractivity contribution is -0.120. The number of hydrogen-bond acceptors (Lipinski definition) is 5. The molecule has 1 aliphatic carbocycles. The second-order valence-electron chi connectivity index (χ2n) is 6.63. The van der Waals surface area contributed by atoms with Crippen molar-refractivity contribution in [3.8, 4) is 0 Å². The van der Waals surface area contributed by atoms with Crippen molar-refractivity contribution in [2.75, 3.05) is 51.2 Å². The van der Waals surface area contributed by atoms with Crippen LogP contribution >= 0.6 is 37.2 Å². The fraction of sp³-hybridized carbons (Fsp3) is 0.647. The number of nitrogens with zero attached hydrogens (tertiary/aromatic N) is 3. The van der Waals surface area contributed by atoms with Crippen molar-refractivity contribution >= 4 is 48.9 Å². The second kappa shape index (κ2) is 12.6. The van der Waals surface area contributed by atoms with Crippen LogP contribution in [0.4, 0.5) is 5.82 Å². The molecule has 1 amide bonds. The molecule has 0 bridgehead atoms. The van der Waals surface area contributed by atoms with E-state index in [2.05, 4.69) is 38.5 Å². The Hall–Kier alpha value is -0.790. The van der Waals surface area contributed by atoms with Gasteiger partial charge in [-0.3, -0.25) is 4.79 Å². The minimum absolute atomic E-state index is 0. The monoisotopic (exact) mass is 425 g/mol. The summed E-state index contributed by atoms with van der Waals surface area (Å²) >= 11 is 0. The van der Waals surface area contributed by atoms with Crippen molar-refractivity contribution in [2.45, 2.75) is 19.4 Å². The molecule has 26 heavy (non-hydrogen) atoms. The molecule has 1 aromatic heterocycles. The van der Waals surface area contributed by atoms with Gasteiger partial charge >= 0.3 is 0 Å². The molecular weight excluding hydrogens is 397 g/mol. The molecular formula is C17H30Cl3N5O. The van der Waals surface area contributed by atoms with Gasteiger partial charge in [0, 0.05) is 44.5 Å². The summed E-state index contributed by atoms with van der Waals surface area (Å²) in [5, 5.41) is 6.23. The van der Waals surface area contributed by atoms with Gasteiger partial charge in [-0.15, -0.1) is 37.2 Å². The van der Waals surface area contributed by atoms with Crippen LogP contribution in [0.2, 0.25) is 0 Å². The maximum Gasteiger partial charge on any atom is 0.234 e. The number of pyridine rings is 1. The molecule has 0 radical (unpaired) electrons. The van der Waals surface area contributed by atoms with Crippen molar-refractivity contribution in [3.63, 3.8) is 0 Å². The van der Waals surface area contributed by atoms with Gasteiger partial charge in [0.25, 0.3) is 0 Å². The summed E-state index contributed by atoms with van der Waals surface area (Å²) < 4.78 is 0. The average molecular weight is 427 g/mol. The summed E-state index contributed by atoms with van der Waals surface area (Å²) in [6, 6.07) is 3.99. The van der Waals surface area contributed by atoms with Crippen molar-refractivity contribution in [3.05, 3.63) is 23.9 Å². The van der Waals surface area contributed by atoms with E-state index < -0.39 is 0 Å². The highest BCUT2D eigenvalue weighted by molar-refractivity contribution is 5.86. The van der Waals surface area contributed by atoms with Gasteiger partial charge in [-0.2, -0.15) is 0 Å². The molecule has 9 heteroatoms. The molecule has 150 valence electrons. The standard InChI is InChI=1S/C17H27N5O.3ClH/c1-21-7-9-22(10-8-21)17-15(3-2-6-19-17)12-20-16(23)13-18-11-14-4-5-14;;;/h2-3,6,14,18H,4-5,7-13H2,1H3,(H,20,23);3*1H. The summed E-state index contributed by atoms with van der Waals surface area (Å²) in [5.41, 5.74) is 1.09. The fourth-order valence-corrected chi connectivity index (χ4v) is 2.84. The molecule has 0 unspecified atom stereocenters. The number of anilines is 1. The Morgan fingerprint density at radius 3 is 2.54 bits per heavy atom. The number of carbonyl (C=O) groups is 1. The molecule has 6 nitrogen and oxygen atoms in total. The first-order valence-corrected chi connectivity index (χ1v) is 8.57. The highest BCUT2D eigenvalue weighted by Crippen LogP contribution is 2.27. The molecule has 1 saturated carbocycles. The van der Waals surface area contributed by atoms with Crippen LogP contribution in [0, 0.1) is 5.92 Å². The number of halogens is 3. The predicted octanol–water partition coefficient (Wildman–Crippen LogP) is 1.71. The highest BCUT2D eigenvalue weighted by Gasteiger charge is 2.21. The molecule has 2 aliphatic rings. The zero-order valence-corrected chi connectivity index (χ0v) is 17.6. The van der Waals surface area contributed by atoms with Crippen LogP contribution in [-0.4, -0.2) is 62.1 Å². The van der Waals surface area contributed by atoms with E-state index in [1.54, 1.807) is 0 Å². The van der Waals surface area contributed by atoms with E-state index in [0.29, 0.717) is 13.1 Å². The Balaban J connectivity index is 0.00000208. The van der Waals surface area contributed by atoms with Gasteiger partial charge in [-0.25, -0.2) is 4.98 Å². The number of likely N-dealkylation sites (N-methyl/N-ethyl adjacent to an activating group) is 1. The maximum atomic E-state index is 11.9. The van der Waals surface area contributed by atoms with Crippen molar-refractivity contribution in [1.82, 2.24) is 20.5 Å². The highest BCUT2D eigenvalue weighted by atomic mass is 35.5. The molecule has 0 aromatic carbocycles. The van der Waals surface area contributed by atoms with E-state index in [4.69, 9.17) is 0 Å². The van der Waals surface area contributed by atoms with Crippen molar-refractivity contribution < 1.29 is 4.79 Å². The first-order chi connectivity index (χ1) is 11.2. The third kappa shape index (κ3) is 7.84. The Labute approximate surface area is 174 Å². The summed E-state index contributed by atoms with van der Waals surface area (Å²) in [6.45, 7) is 5.97. The largest absolute Gasteiger partial charge is 0.354 e. The van der Waals surface area contributed by atoms with Gasteiger partial charge in [0.15, 0.2) is 0 Å². The predicted molar refractivity (Wildman–Crippen MR) is 113 cm³/mol. The molecule has 0 spiro atoms. The number of amides is 1. The summed E-state index contributed by atoms with van der Waals surface area (Å²) in [7, 11) is 2.14. The number of nitrogens with one attached hydrogen (secondary N) is 2. The molecule has 1 aliphatic heterocycles. The summed E-state index contributed by atoms with van der Waals surface area (Å²) in [4.78, 5) is 21.1. The quantitative estimate of drug-likeness (QED) is 0.695. The van der Waals surface area contributed by atoms with Crippen LogP contribution in [-0.2, 0) is 11.3 Å². The van der Waals surface area contributed by atoms with E-state index in [-0.39, 0.29) is 43.1 Å². The normalized spacial score (nSPS) is 16.7. The lowest BCUT2D eigenvalue weighted by Gasteiger charge is -2.34. The lowest BCUT2D eigenvalue weighted by Crippen LogP contribution is -2.45. The molecule has 1 aromatic rings. The topological polar surface area (TPSA) is 60.5 Å². The van der Waals surface area contributed by atoms with Gasteiger partial charge in [0.05, 0.1) is 6.54 Å². The number of aromatic nitrogens is 1. The molecule has 2 N–H and O–H groups in total. The number of piperazine rings is 1. The van der Waals surface area contributed by atoms with E-state index >= 15 is 0 Å². The van der Waals surface area contributed by atoms with Gasteiger partial charge in [-0.1, -0.05) is 6.07 Å². The van der Waals surface area contributed by atoms with Crippen LogP contribution in [0.1, 0.15) is 18.4 Å². The van der Waals surface area contributed by atoms with Crippen LogP contribution in [0.15, 0.2) is 18.3 Å². The summed E-state index contributed by atoms with van der Waals surface area (Å²) in [5.74, 6) is 1.86. The first-order valence-electron chi connectivity index (χ1n) is 8.57. The average Bonchev–Trinajstić information content (AvgIpc) is 3.38. The molecule has 2 heterocycles. The minimum Gasteiger partial charge on any atom is -0.354 e. The zero-order valence-electron chi connectivity index (χ0n) is 15.1. The minimum atomic E-state index is 0. The van der Waals surface area contributed by atoms with Crippen molar-refractivity contribution in [2.24, 2.45) is 5.92 Å². The third-order valence-corrected chi connectivity index (χ3v) is 4.56. The molecule has 2 fully saturated rings. The van der Waals surface area contributed by atoms with Gasteiger partial charge in [0.1, 0.15) is 5.82 Å². The van der Waals surface area contributed by atoms with Crippen LogP contribution in [0.5, 0.6) is 0 Å². The van der Waals surface area contributed by atoms with Crippen molar-refractivity contribution in [1.29, 1.82) is 0 Å². The van der Waals surface area contributed by atoms with E-state index in [1.807, 2.05) is 12.3 Å². The number of hydrogen-bond donors (Lipinski definition) is 2. The Bertz CT molecular complexity index is 537. The Kier molecular flexibility index (Phi) is 12.2. The van der Waals surface area contributed by atoms with Gasteiger partial charge < -0.3 is 20.4 Å². The molecule has 3 rings (SSSR count). The molecule has 0 atom stereocenters.